The van der Waals surface area contributed by atoms with Gasteiger partial charge in [0.2, 0.25) is 0 Å². The van der Waals surface area contributed by atoms with E-state index in [9.17, 15) is 22.8 Å². The molecular weight excluding hydrogens is 531 g/mol. The summed E-state index contributed by atoms with van der Waals surface area (Å²) < 4.78 is 48.9. The van der Waals surface area contributed by atoms with Crippen LogP contribution in [0, 0.1) is 0 Å². The van der Waals surface area contributed by atoms with Gasteiger partial charge < -0.3 is 20.1 Å². The van der Waals surface area contributed by atoms with E-state index in [1.54, 1.807) is 24.3 Å². The Morgan fingerprint density at radius 2 is 1.71 bits per heavy atom. The molecule has 198 valence electrons. The highest BCUT2D eigenvalue weighted by molar-refractivity contribution is 6.31. The van der Waals surface area contributed by atoms with Gasteiger partial charge in [0, 0.05) is 18.5 Å². The topological polar surface area (TPSA) is 139 Å². The molecule has 0 saturated heterocycles. The van der Waals surface area contributed by atoms with Crippen LogP contribution in [0.2, 0.25) is 5.02 Å². The number of carbonyl (C=O) groups excluding carboxylic acids is 2. The number of nitrogens with zero attached hydrogens (tertiary/aromatic N) is 4. The number of azo groups is 1. The number of aromatic nitrogens is 2. The lowest BCUT2D eigenvalue weighted by atomic mass is 10.0. The summed E-state index contributed by atoms with van der Waals surface area (Å²) in [6.07, 6.45) is -4.14. The number of methoxy groups -OCH3 is 1. The Morgan fingerprint density at radius 3 is 2.42 bits per heavy atom. The highest BCUT2D eigenvalue weighted by Crippen LogP contribution is 2.42. The molecule has 0 bridgehead atoms. The maximum atomic E-state index is 13.0. The highest BCUT2D eigenvalue weighted by Gasteiger charge is 2.33. The Labute approximate surface area is 218 Å². The number of urea groups is 1. The minimum atomic E-state index is -4.66. The average molecular weight is 550 g/mol. The second-order valence-corrected chi connectivity index (χ2v) is 8.13. The van der Waals surface area contributed by atoms with Gasteiger partial charge in [0.15, 0.2) is 11.5 Å². The van der Waals surface area contributed by atoms with Crippen molar-refractivity contribution in [2.24, 2.45) is 10.2 Å². The molecule has 11 nitrogen and oxygen atoms in total. The number of nitrogens with one attached hydrogen (secondary N) is 3. The third kappa shape index (κ3) is 6.33. The lowest BCUT2D eigenvalue weighted by Crippen LogP contribution is -2.20. The number of ether oxygens (including phenoxy) is 2. The van der Waals surface area contributed by atoms with Crippen molar-refractivity contribution in [3.8, 4) is 0 Å². The van der Waals surface area contributed by atoms with Crippen LogP contribution < -0.4 is 16.0 Å². The molecular formula is C23H19ClF3N7O4. The molecule has 0 saturated carbocycles. The summed E-state index contributed by atoms with van der Waals surface area (Å²) in [5.74, 6) is 0.134. The quantitative estimate of drug-likeness (QED) is 0.301. The van der Waals surface area contributed by atoms with Crippen molar-refractivity contribution in [2.75, 3.05) is 36.3 Å². The first-order valence-corrected chi connectivity index (χ1v) is 11.3. The first kappa shape index (κ1) is 26.8. The van der Waals surface area contributed by atoms with Gasteiger partial charge in [-0.1, -0.05) is 23.7 Å². The van der Waals surface area contributed by atoms with E-state index < -0.39 is 34.9 Å². The number of halogens is 4. The second kappa shape index (κ2) is 11.4. The van der Waals surface area contributed by atoms with Gasteiger partial charge in [0.25, 0.3) is 0 Å². The predicted molar refractivity (Wildman–Crippen MR) is 131 cm³/mol. The Bertz CT molecular complexity index is 1370. The number of anilines is 3. The Kier molecular flexibility index (Phi) is 8.02. The lowest BCUT2D eigenvalue weighted by molar-refractivity contribution is -0.137. The fourth-order valence-corrected chi connectivity index (χ4v) is 3.61. The number of amides is 3. The van der Waals surface area contributed by atoms with Gasteiger partial charge in [-0.2, -0.15) is 18.3 Å². The van der Waals surface area contributed by atoms with Crippen LogP contribution in [0.25, 0.3) is 0 Å². The van der Waals surface area contributed by atoms with E-state index in [1.807, 2.05) is 0 Å². The molecule has 0 radical (unpaired) electrons. The van der Waals surface area contributed by atoms with Crippen LogP contribution in [0.5, 0.6) is 0 Å². The Morgan fingerprint density at radius 1 is 1.00 bits per heavy atom. The van der Waals surface area contributed by atoms with Crippen molar-refractivity contribution in [3.05, 3.63) is 70.6 Å². The average Bonchev–Trinajstić information content (AvgIpc) is 3.30. The van der Waals surface area contributed by atoms with Crippen molar-refractivity contribution >= 4 is 46.6 Å². The first-order valence-electron chi connectivity index (χ1n) is 10.9. The van der Waals surface area contributed by atoms with E-state index in [0.29, 0.717) is 16.9 Å². The first-order chi connectivity index (χ1) is 18.2. The third-order valence-electron chi connectivity index (χ3n) is 5.14. The summed E-state index contributed by atoms with van der Waals surface area (Å²) in [5, 5.41) is 15.2. The number of alkyl halides is 3. The summed E-state index contributed by atoms with van der Waals surface area (Å²) in [7, 11) is 1.48. The third-order valence-corrected chi connectivity index (χ3v) is 5.47. The molecule has 3 aromatic rings. The van der Waals surface area contributed by atoms with Gasteiger partial charge in [-0.05, 0) is 35.9 Å². The number of benzene rings is 2. The van der Waals surface area contributed by atoms with E-state index >= 15 is 0 Å². The number of carbonyl (C=O) groups is 2. The van der Waals surface area contributed by atoms with E-state index in [2.05, 4.69) is 36.1 Å². The van der Waals surface area contributed by atoms with Crippen molar-refractivity contribution in [2.45, 2.75) is 12.2 Å². The van der Waals surface area contributed by atoms with Gasteiger partial charge >= 0.3 is 18.3 Å². The van der Waals surface area contributed by atoms with Crippen LogP contribution in [-0.4, -0.2) is 42.4 Å². The van der Waals surface area contributed by atoms with Crippen molar-refractivity contribution in [1.29, 1.82) is 0 Å². The largest absolute Gasteiger partial charge is 0.447 e. The van der Waals surface area contributed by atoms with Crippen LogP contribution in [0.4, 0.5) is 45.6 Å². The van der Waals surface area contributed by atoms with Gasteiger partial charge in [-0.25, -0.2) is 19.6 Å². The van der Waals surface area contributed by atoms with Crippen LogP contribution in [0.1, 0.15) is 22.9 Å². The number of hydrogen-bond acceptors (Lipinski definition) is 8. The smallest absolute Gasteiger partial charge is 0.417 e. The number of hydrogen-bond donors (Lipinski definition) is 3. The lowest BCUT2D eigenvalue weighted by Gasteiger charge is -2.13. The highest BCUT2D eigenvalue weighted by atomic mass is 35.5. The molecule has 1 aromatic heterocycles. The summed E-state index contributed by atoms with van der Waals surface area (Å²) in [6, 6.07) is 8.23. The zero-order valence-electron chi connectivity index (χ0n) is 19.5. The summed E-state index contributed by atoms with van der Waals surface area (Å²) in [4.78, 5) is 32.5. The van der Waals surface area contributed by atoms with E-state index in [-0.39, 0.29) is 30.4 Å². The zero-order valence-corrected chi connectivity index (χ0v) is 20.3. The fraction of sp³-hybridized carbons (Fsp3) is 0.217. The molecule has 0 aliphatic carbocycles. The van der Waals surface area contributed by atoms with Gasteiger partial charge in [-0.15, -0.1) is 5.11 Å². The van der Waals surface area contributed by atoms with Crippen LogP contribution >= 0.6 is 11.6 Å². The Hall–Kier alpha value is -4.30. The second-order valence-electron chi connectivity index (χ2n) is 7.72. The molecule has 3 amide bonds. The monoisotopic (exact) mass is 549 g/mol. The minimum absolute atomic E-state index is 0.0620. The summed E-state index contributed by atoms with van der Waals surface area (Å²) >= 11 is 5.60. The van der Waals surface area contributed by atoms with Gasteiger partial charge in [-0.3, -0.25) is 5.32 Å². The van der Waals surface area contributed by atoms with E-state index in [1.165, 1.54) is 19.5 Å². The molecule has 1 unspecified atom stereocenters. The standard InChI is InChI=1S/C23H19ClF3N7O4/c1-37-8-9-38-22(36)32-20-19-18(28-11-29-20)17(33-34-19)12-2-4-13(5-3-12)30-21(35)31-14-6-7-16(24)15(10-14)23(25,26)27/h2-7,10-11,17H,8-9H2,1H3,(H2,30,31,35)(H,28,29,32,36). The van der Waals surface area contributed by atoms with E-state index in [4.69, 9.17) is 21.1 Å². The van der Waals surface area contributed by atoms with Crippen molar-refractivity contribution in [3.63, 3.8) is 0 Å². The molecule has 0 spiro atoms. The van der Waals surface area contributed by atoms with Crippen LogP contribution in [0.15, 0.2) is 59.0 Å². The zero-order chi connectivity index (χ0) is 27.3. The maximum Gasteiger partial charge on any atom is 0.417 e. The molecule has 2 aromatic carbocycles. The maximum absolute atomic E-state index is 13.0. The molecule has 1 atom stereocenters. The molecule has 15 heteroatoms. The molecule has 38 heavy (non-hydrogen) atoms. The Balaban J connectivity index is 1.40. The molecule has 2 heterocycles. The molecule has 4 rings (SSSR count). The number of rotatable bonds is 7. The predicted octanol–water partition coefficient (Wildman–Crippen LogP) is 6.17. The summed E-state index contributed by atoms with van der Waals surface area (Å²) in [5.41, 5.74) is 0.648. The van der Waals surface area contributed by atoms with Crippen LogP contribution in [0.3, 0.4) is 0 Å². The molecule has 1 aliphatic heterocycles. The number of fused-ring (bicyclic) bond motifs is 1. The van der Waals surface area contributed by atoms with Gasteiger partial charge in [0.05, 0.1) is 17.2 Å². The normalized spacial score (nSPS) is 14.1. The van der Waals surface area contributed by atoms with Gasteiger partial charge in [0.1, 0.15) is 24.7 Å². The summed E-state index contributed by atoms with van der Waals surface area (Å²) in [6.45, 7) is 0.302. The van der Waals surface area contributed by atoms with E-state index in [0.717, 1.165) is 12.1 Å². The molecule has 3 N–H and O–H groups in total. The van der Waals surface area contributed by atoms with Crippen molar-refractivity contribution < 1.29 is 32.2 Å². The van der Waals surface area contributed by atoms with Crippen LogP contribution in [-0.2, 0) is 15.7 Å². The minimum Gasteiger partial charge on any atom is -0.447 e. The fourth-order valence-electron chi connectivity index (χ4n) is 3.39. The molecule has 1 aliphatic rings. The molecule has 0 fully saturated rings. The SMILES string of the molecule is COCCOC(=O)Nc1ncnc2c1N=NC2c1ccc(NC(=O)Nc2ccc(Cl)c(C(F)(F)F)c2)cc1. The van der Waals surface area contributed by atoms with Crippen molar-refractivity contribution in [1.82, 2.24) is 9.97 Å².